The first kappa shape index (κ1) is 28.6. The van der Waals surface area contributed by atoms with Gasteiger partial charge in [0.15, 0.2) is 11.5 Å². The molecule has 1 fully saturated rings. The van der Waals surface area contributed by atoms with E-state index in [2.05, 4.69) is 4.90 Å². The number of hydrogen-bond acceptors (Lipinski definition) is 8. The maximum atomic E-state index is 14.0. The summed E-state index contributed by atoms with van der Waals surface area (Å²) in [5, 5.41) is 6.17. The first-order chi connectivity index (χ1) is 21.0. The number of hydrazone groups is 1. The molecule has 1 saturated heterocycles. The zero-order chi connectivity index (χ0) is 29.8. The monoisotopic (exact) mass is 588 g/mol. The number of carbonyl (C=O) groups is 2. The number of fused-ring (bicyclic) bond motifs is 1. The van der Waals surface area contributed by atoms with Gasteiger partial charge in [0, 0.05) is 38.2 Å². The molecule has 0 bridgehead atoms. The van der Waals surface area contributed by atoms with Crippen LogP contribution in [0.25, 0.3) is 0 Å². The van der Waals surface area contributed by atoms with Gasteiger partial charge >= 0.3 is 0 Å². The molecule has 10 nitrogen and oxygen atoms in total. The van der Waals surface area contributed by atoms with Gasteiger partial charge in [-0.2, -0.15) is 5.10 Å². The number of ether oxygens (including phenoxy) is 4. The Morgan fingerprint density at radius 2 is 1.74 bits per heavy atom. The summed E-state index contributed by atoms with van der Waals surface area (Å²) in [6.45, 7) is 3.73. The maximum Gasteiger partial charge on any atom is 0.262 e. The summed E-state index contributed by atoms with van der Waals surface area (Å²) in [4.78, 5) is 31.6. The molecular formula is C32H33FN4O6. The van der Waals surface area contributed by atoms with Crippen molar-refractivity contribution >= 4 is 17.5 Å². The van der Waals surface area contributed by atoms with Crippen LogP contribution in [0.1, 0.15) is 33.9 Å². The van der Waals surface area contributed by atoms with Crippen LogP contribution in [0.2, 0.25) is 0 Å². The highest BCUT2D eigenvalue weighted by atomic mass is 19.1. The summed E-state index contributed by atoms with van der Waals surface area (Å²) in [6, 6.07) is 18.0. The van der Waals surface area contributed by atoms with Crippen molar-refractivity contribution in [1.29, 1.82) is 0 Å². The average Bonchev–Trinajstić information content (AvgIpc) is 3.71. The standard InChI is InChI=1S/C32H33FN4O6/c1-40-26-9-4-23(5-10-26)32(39)36(13-12-35-14-16-41-17-15-35)20-31(38)37-28(24-6-11-29-30(18-24)43-21-42-29)19-27(34-37)22-2-7-25(33)8-3-22/h2-11,18,28H,12-17,19-21H2,1H3. The van der Waals surface area contributed by atoms with Gasteiger partial charge in [-0.1, -0.05) is 18.2 Å². The van der Waals surface area contributed by atoms with Crippen molar-refractivity contribution in [1.82, 2.24) is 14.8 Å². The lowest BCUT2D eigenvalue weighted by Gasteiger charge is -2.31. The van der Waals surface area contributed by atoms with Gasteiger partial charge < -0.3 is 23.8 Å². The van der Waals surface area contributed by atoms with Gasteiger partial charge in [0.1, 0.15) is 18.1 Å². The molecule has 224 valence electrons. The van der Waals surface area contributed by atoms with Crippen LogP contribution in [0.5, 0.6) is 17.2 Å². The lowest BCUT2D eigenvalue weighted by Crippen LogP contribution is -2.46. The van der Waals surface area contributed by atoms with Crippen molar-refractivity contribution in [2.75, 3.05) is 59.8 Å². The van der Waals surface area contributed by atoms with Crippen LogP contribution >= 0.6 is 0 Å². The van der Waals surface area contributed by atoms with E-state index in [0.29, 0.717) is 61.2 Å². The van der Waals surface area contributed by atoms with Crippen LogP contribution in [0, 0.1) is 5.82 Å². The van der Waals surface area contributed by atoms with E-state index in [1.54, 1.807) is 48.4 Å². The Bertz CT molecular complexity index is 1490. The number of rotatable bonds is 9. The minimum Gasteiger partial charge on any atom is -0.497 e. The van der Waals surface area contributed by atoms with Gasteiger partial charge in [0.2, 0.25) is 6.79 Å². The molecule has 0 spiro atoms. The van der Waals surface area contributed by atoms with E-state index in [9.17, 15) is 14.0 Å². The summed E-state index contributed by atoms with van der Waals surface area (Å²) in [7, 11) is 1.57. The molecule has 43 heavy (non-hydrogen) atoms. The second kappa shape index (κ2) is 12.8. The first-order valence-corrected chi connectivity index (χ1v) is 14.3. The first-order valence-electron chi connectivity index (χ1n) is 14.3. The van der Waals surface area contributed by atoms with Crippen LogP contribution in [0.15, 0.2) is 71.8 Å². The predicted octanol–water partition coefficient (Wildman–Crippen LogP) is 3.72. The molecule has 3 aromatic carbocycles. The number of carbonyl (C=O) groups excluding carboxylic acids is 2. The Balaban J connectivity index is 1.27. The highest BCUT2D eigenvalue weighted by Crippen LogP contribution is 2.39. The van der Waals surface area contributed by atoms with Crippen LogP contribution in [0.3, 0.4) is 0 Å². The van der Waals surface area contributed by atoms with Crippen molar-refractivity contribution in [3.63, 3.8) is 0 Å². The Hall–Kier alpha value is -4.48. The highest BCUT2D eigenvalue weighted by molar-refractivity contribution is 6.03. The number of methoxy groups -OCH3 is 1. The van der Waals surface area contributed by atoms with Crippen LogP contribution < -0.4 is 14.2 Å². The van der Waals surface area contributed by atoms with Crippen molar-refractivity contribution in [3.8, 4) is 17.2 Å². The fraction of sp³-hybridized carbons (Fsp3) is 0.344. The SMILES string of the molecule is COc1ccc(C(=O)N(CCN2CCOCC2)CC(=O)N2N=C(c3ccc(F)cc3)CC2c2ccc3c(c2)OCO3)cc1. The third-order valence-corrected chi connectivity index (χ3v) is 7.86. The molecule has 6 rings (SSSR count). The van der Waals surface area contributed by atoms with Gasteiger partial charge in [0.05, 0.1) is 32.1 Å². The highest BCUT2D eigenvalue weighted by Gasteiger charge is 2.35. The van der Waals surface area contributed by atoms with E-state index in [1.165, 1.54) is 17.1 Å². The maximum absolute atomic E-state index is 14.0. The van der Waals surface area contributed by atoms with Gasteiger partial charge in [-0.3, -0.25) is 14.5 Å². The van der Waals surface area contributed by atoms with Gasteiger partial charge in [0.25, 0.3) is 11.8 Å². The predicted molar refractivity (Wildman–Crippen MR) is 156 cm³/mol. The lowest BCUT2D eigenvalue weighted by atomic mass is 9.98. The number of morpholine rings is 1. The minimum absolute atomic E-state index is 0.134. The molecule has 0 saturated carbocycles. The smallest absolute Gasteiger partial charge is 0.262 e. The van der Waals surface area contributed by atoms with E-state index < -0.39 is 6.04 Å². The third kappa shape index (κ3) is 6.47. The Morgan fingerprint density at radius 3 is 2.49 bits per heavy atom. The van der Waals surface area contributed by atoms with Crippen LogP contribution in [0.4, 0.5) is 4.39 Å². The molecule has 3 aromatic rings. The van der Waals surface area contributed by atoms with Crippen LogP contribution in [-0.2, 0) is 9.53 Å². The summed E-state index contributed by atoms with van der Waals surface area (Å²) in [6.07, 6.45) is 0.414. The van der Waals surface area contributed by atoms with Crippen LogP contribution in [-0.4, -0.2) is 92.2 Å². The largest absolute Gasteiger partial charge is 0.497 e. The molecule has 3 aliphatic rings. The van der Waals surface area contributed by atoms with Crippen molar-refractivity contribution < 1.29 is 32.9 Å². The molecule has 3 aliphatic heterocycles. The fourth-order valence-corrected chi connectivity index (χ4v) is 5.43. The molecule has 2 amide bonds. The molecule has 0 aromatic heterocycles. The second-order valence-corrected chi connectivity index (χ2v) is 10.5. The van der Waals surface area contributed by atoms with Gasteiger partial charge in [-0.15, -0.1) is 0 Å². The minimum atomic E-state index is -0.445. The number of benzene rings is 3. The summed E-state index contributed by atoms with van der Waals surface area (Å²) in [5.74, 6) is 0.935. The van der Waals surface area contributed by atoms with Gasteiger partial charge in [-0.05, 0) is 59.7 Å². The zero-order valence-electron chi connectivity index (χ0n) is 23.9. The van der Waals surface area contributed by atoms with E-state index in [4.69, 9.17) is 24.0 Å². The molecule has 1 unspecified atom stereocenters. The number of nitrogens with zero attached hydrogens (tertiary/aromatic N) is 4. The molecule has 0 radical (unpaired) electrons. The molecule has 3 heterocycles. The van der Waals surface area contributed by atoms with Crippen molar-refractivity contribution in [2.24, 2.45) is 5.10 Å². The van der Waals surface area contributed by atoms with E-state index >= 15 is 0 Å². The van der Waals surface area contributed by atoms with E-state index in [1.807, 2.05) is 18.2 Å². The van der Waals surface area contributed by atoms with E-state index in [-0.39, 0.29) is 31.0 Å². The second-order valence-electron chi connectivity index (χ2n) is 10.5. The average molecular weight is 589 g/mol. The Kier molecular flexibility index (Phi) is 8.52. The number of hydrogen-bond donors (Lipinski definition) is 0. The molecule has 11 heteroatoms. The topological polar surface area (TPSA) is 93.1 Å². The zero-order valence-corrected chi connectivity index (χ0v) is 23.9. The Labute approximate surface area is 249 Å². The molecule has 0 N–H and O–H groups in total. The lowest BCUT2D eigenvalue weighted by molar-refractivity contribution is -0.133. The molecular weight excluding hydrogens is 555 g/mol. The summed E-state index contributed by atoms with van der Waals surface area (Å²) < 4.78 is 35.4. The van der Waals surface area contributed by atoms with Gasteiger partial charge in [-0.25, -0.2) is 9.40 Å². The fourth-order valence-electron chi connectivity index (χ4n) is 5.43. The molecule has 1 atom stereocenters. The summed E-state index contributed by atoms with van der Waals surface area (Å²) in [5.41, 5.74) is 2.65. The molecule has 0 aliphatic carbocycles. The third-order valence-electron chi connectivity index (χ3n) is 7.86. The van der Waals surface area contributed by atoms with Crippen molar-refractivity contribution in [2.45, 2.75) is 12.5 Å². The number of amides is 2. The number of halogens is 1. The van der Waals surface area contributed by atoms with Crippen molar-refractivity contribution in [3.05, 3.63) is 89.2 Å². The quantitative estimate of drug-likeness (QED) is 0.376. The normalized spacial score (nSPS) is 18.0. The Morgan fingerprint density at radius 1 is 1.00 bits per heavy atom. The summed E-state index contributed by atoms with van der Waals surface area (Å²) >= 11 is 0. The van der Waals surface area contributed by atoms with E-state index in [0.717, 1.165) is 24.2 Å².